The van der Waals surface area contributed by atoms with Crippen molar-refractivity contribution in [1.29, 1.82) is 0 Å². The van der Waals surface area contributed by atoms with E-state index in [1.165, 1.54) is 0 Å². The maximum absolute atomic E-state index is 4.33. The average molecular weight is 257 g/mol. The second kappa shape index (κ2) is 6.82. The van der Waals surface area contributed by atoms with E-state index in [2.05, 4.69) is 50.8 Å². The molecule has 1 heterocycles. The molecule has 0 N–H and O–H groups in total. The second-order valence-corrected chi connectivity index (χ2v) is 3.98. The first-order valence-corrected chi connectivity index (χ1v) is 6.21. The van der Waals surface area contributed by atoms with Crippen molar-refractivity contribution in [3.8, 4) is 0 Å². The van der Waals surface area contributed by atoms with E-state index in [0.29, 0.717) is 0 Å². The van der Waals surface area contributed by atoms with Crippen LogP contribution < -0.4 is 0 Å². The number of alkyl halides is 1. The Morgan fingerprint density at radius 2 is 2.36 bits per heavy atom. The van der Waals surface area contributed by atoms with Crippen LogP contribution in [0.15, 0.2) is 24.5 Å². The Morgan fingerprint density at radius 3 is 3.07 bits per heavy atom. The third-order valence-electron chi connectivity index (χ3n) is 2.01. The Morgan fingerprint density at radius 1 is 1.50 bits per heavy atom. The number of nitrogens with zero attached hydrogens (tertiary/aromatic N) is 2. The molecule has 0 aliphatic heterocycles. The molecule has 2 nitrogen and oxygen atoms in total. The summed E-state index contributed by atoms with van der Waals surface area (Å²) < 4.78 is 2.22. The van der Waals surface area contributed by atoms with Crippen LogP contribution >= 0.6 is 15.9 Å². The van der Waals surface area contributed by atoms with E-state index < -0.39 is 0 Å². The monoisotopic (exact) mass is 256 g/mol. The molecule has 1 aromatic rings. The van der Waals surface area contributed by atoms with E-state index in [9.17, 15) is 0 Å². The minimum atomic E-state index is 0.944. The lowest BCUT2D eigenvalue weighted by Gasteiger charge is -2.02. The van der Waals surface area contributed by atoms with Gasteiger partial charge in [0.15, 0.2) is 0 Å². The van der Waals surface area contributed by atoms with Gasteiger partial charge in [0.2, 0.25) is 0 Å². The summed E-state index contributed by atoms with van der Waals surface area (Å²) in [5.74, 6) is 1.16. The van der Waals surface area contributed by atoms with Gasteiger partial charge in [-0.3, -0.25) is 0 Å². The number of imidazole rings is 1. The number of halogens is 1. The van der Waals surface area contributed by atoms with Gasteiger partial charge in [0, 0.05) is 30.7 Å². The zero-order valence-corrected chi connectivity index (χ0v) is 10.2. The summed E-state index contributed by atoms with van der Waals surface area (Å²) in [4.78, 5) is 4.33. The Kier molecular flexibility index (Phi) is 5.60. The van der Waals surface area contributed by atoms with Crippen LogP contribution in [-0.4, -0.2) is 14.9 Å². The van der Waals surface area contributed by atoms with E-state index in [4.69, 9.17) is 0 Å². The highest BCUT2D eigenvalue weighted by molar-refractivity contribution is 9.09. The van der Waals surface area contributed by atoms with Crippen LogP contribution in [0.1, 0.15) is 25.6 Å². The standard InChI is InChI=1S/C11H17BrN2/c1-2-9-14-10-8-13-11(14)6-4-3-5-7-12/h3-4,8,10H,2,5-7,9H2,1H3. The number of hydrogen-bond donors (Lipinski definition) is 0. The number of allylic oxidation sites excluding steroid dienone is 2. The summed E-state index contributed by atoms with van der Waals surface area (Å²) in [6.07, 6.45) is 11.5. The van der Waals surface area contributed by atoms with Gasteiger partial charge in [-0.05, 0) is 12.8 Å². The highest BCUT2D eigenvalue weighted by atomic mass is 79.9. The number of hydrogen-bond acceptors (Lipinski definition) is 1. The molecule has 1 aromatic heterocycles. The smallest absolute Gasteiger partial charge is 0.112 e. The topological polar surface area (TPSA) is 17.8 Å². The largest absolute Gasteiger partial charge is 0.335 e. The summed E-state index contributed by atoms with van der Waals surface area (Å²) in [7, 11) is 0. The molecule has 0 bridgehead atoms. The lowest BCUT2D eigenvalue weighted by molar-refractivity contribution is 0.649. The molecular weight excluding hydrogens is 240 g/mol. The lowest BCUT2D eigenvalue weighted by Crippen LogP contribution is -2.01. The minimum absolute atomic E-state index is 0.944. The van der Waals surface area contributed by atoms with Crippen molar-refractivity contribution < 1.29 is 0 Å². The van der Waals surface area contributed by atoms with Gasteiger partial charge in [0.25, 0.3) is 0 Å². The third-order valence-corrected chi connectivity index (χ3v) is 2.47. The highest BCUT2D eigenvalue weighted by Crippen LogP contribution is 2.01. The van der Waals surface area contributed by atoms with Gasteiger partial charge in [0.05, 0.1) is 0 Å². The normalized spacial score (nSPS) is 11.3. The van der Waals surface area contributed by atoms with Crippen LogP contribution in [0.5, 0.6) is 0 Å². The molecule has 0 atom stereocenters. The van der Waals surface area contributed by atoms with Gasteiger partial charge in [-0.25, -0.2) is 4.98 Å². The molecule has 0 fully saturated rings. The quantitative estimate of drug-likeness (QED) is 0.565. The van der Waals surface area contributed by atoms with Crippen LogP contribution in [0.25, 0.3) is 0 Å². The molecule has 0 saturated heterocycles. The molecule has 0 amide bonds. The number of rotatable bonds is 6. The third kappa shape index (κ3) is 3.66. The van der Waals surface area contributed by atoms with Gasteiger partial charge in [-0.2, -0.15) is 0 Å². The van der Waals surface area contributed by atoms with E-state index in [1.54, 1.807) is 0 Å². The first-order chi connectivity index (χ1) is 6.88. The summed E-state index contributed by atoms with van der Waals surface area (Å²) >= 11 is 3.40. The summed E-state index contributed by atoms with van der Waals surface area (Å²) in [5.41, 5.74) is 0. The first-order valence-electron chi connectivity index (χ1n) is 5.09. The van der Waals surface area contributed by atoms with Crippen molar-refractivity contribution in [3.05, 3.63) is 30.4 Å². The fourth-order valence-electron chi connectivity index (χ4n) is 1.34. The van der Waals surface area contributed by atoms with Crippen LogP contribution in [-0.2, 0) is 13.0 Å². The van der Waals surface area contributed by atoms with Crippen molar-refractivity contribution in [1.82, 2.24) is 9.55 Å². The molecule has 1 rings (SSSR count). The first kappa shape index (κ1) is 11.5. The van der Waals surface area contributed by atoms with E-state index in [-0.39, 0.29) is 0 Å². The average Bonchev–Trinajstić information content (AvgIpc) is 2.61. The van der Waals surface area contributed by atoms with E-state index in [1.807, 2.05) is 6.20 Å². The molecule has 3 heteroatoms. The van der Waals surface area contributed by atoms with Crippen LogP contribution in [0.3, 0.4) is 0 Å². The lowest BCUT2D eigenvalue weighted by atomic mass is 10.3. The van der Waals surface area contributed by atoms with Crippen LogP contribution in [0.4, 0.5) is 0 Å². The van der Waals surface area contributed by atoms with E-state index in [0.717, 1.165) is 37.0 Å². The highest BCUT2D eigenvalue weighted by Gasteiger charge is 1.98. The van der Waals surface area contributed by atoms with Crippen LogP contribution in [0, 0.1) is 0 Å². The molecule has 0 aliphatic rings. The number of aromatic nitrogens is 2. The van der Waals surface area contributed by atoms with Gasteiger partial charge in [0.1, 0.15) is 5.82 Å². The minimum Gasteiger partial charge on any atom is -0.335 e. The van der Waals surface area contributed by atoms with Gasteiger partial charge in [-0.1, -0.05) is 35.0 Å². The number of aryl methyl sites for hydroxylation is 1. The predicted molar refractivity (Wildman–Crippen MR) is 63.8 cm³/mol. The maximum atomic E-state index is 4.33. The zero-order valence-electron chi connectivity index (χ0n) is 8.62. The molecule has 0 unspecified atom stereocenters. The van der Waals surface area contributed by atoms with Crippen LogP contribution in [0.2, 0.25) is 0 Å². The molecular formula is C11H17BrN2. The fourth-order valence-corrected chi connectivity index (χ4v) is 1.61. The van der Waals surface area contributed by atoms with Crippen molar-refractivity contribution in [2.24, 2.45) is 0 Å². The Bertz CT molecular complexity index is 279. The Balaban J connectivity index is 2.45. The molecule has 0 aromatic carbocycles. The predicted octanol–water partition coefficient (Wildman–Crippen LogP) is 3.18. The zero-order chi connectivity index (χ0) is 10.2. The second-order valence-electron chi connectivity index (χ2n) is 3.19. The van der Waals surface area contributed by atoms with Crippen molar-refractivity contribution in [3.63, 3.8) is 0 Å². The molecule has 0 saturated carbocycles. The molecule has 0 spiro atoms. The Hall–Kier alpha value is -0.570. The van der Waals surface area contributed by atoms with Gasteiger partial charge >= 0.3 is 0 Å². The fraction of sp³-hybridized carbons (Fsp3) is 0.545. The SMILES string of the molecule is CCCn1ccnc1CC=CCCBr. The Labute approximate surface area is 94.2 Å². The molecule has 78 valence electrons. The summed E-state index contributed by atoms with van der Waals surface area (Å²) in [6, 6.07) is 0. The van der Waals surface area contributed by atoms with Gasteiger partial charge in [-0.15, -0.1) is 0 Å². The maximum Gasteiger partial charge on any atom is 0.112 e. The summed E-state index contributed by atoms with van der Waals surface area (Å²) in [5, 5.41) is 1.03. The van der Waals surface area contributed by atoms with E-state index >= 15 is 0 Å². The van der Waals surface area contributed by atoms with Crippen molar-refractivity contribution >= 4 is 15.9 Å². The molecule has 0 aliphatic carbocycles. The van der Waals surface area contributed by atoms with Crippen molar-refractivity contribution in [2.75, 3.05) is 5.33 Å². The molecule has 0 radical (unpaired) electrons. The van der Waals surface area contributed by atoms with Gasteiger partial charge < -0.3 is 4.57 Å². The summed E-state index contributed by atoms with van der Waals surface area (Å²) in [6.45, 7) is 3.26. The van der Waals surface area contributed by atoms with Crippen molar-refractivity contribution in [2.45, 2.75) is 32.7 Å². The molecule has 14 heavy (non-hydrogen) atoms.